The Hall–Kier alpha value is -2.78. The van der Waals surface area contributed by atoms with Crippen LogP contribution in [0.5, 0.6) is 0 Å². The van der Waals surface area contributed by atoms with Crippen molar-refractivity contribution in [2.24, 2.45) is 0 Å². The molecule has 1 N–H and O–H groups in total. The fraction of sp³-hybridized carbons (Fsp3) is 0.190. The number of halogens is 1. The van der Waals surface area contributed by atoms with Crippen LogP contribution in [-0.2, 0) is 15.4 Å². The van der Waals surface area contributed by atoms with Gasteiger partial charge in [0.2, 0.25) is 5.65 Å². The number of hydrogen-bond acceptors (Lipinski definition) is 5. The number of benzene rings is 2. The molecule has 0 radical (unpaired) electrons. The van der Waals surface area contributed by atoms with E-state index in [1.807, 2.05) is 18.2 Å². The van der Waals surface area contributed by atoms with Gasteiger partial charge in [-0.1, -0.05) is 54.0 Å². The SMILES string of the molecule is CC(C)(C)c1ccc(S(=O)(=O)Nc2ccc(Br)cc2-n2nnc3ncccc32)cc1. The van der Waals surface area contributed by atoms with Crippen molar-refractivity contribution in [2.45, 2.75) is 31.1 Å². The second-order valence-electron chi connectivity index (χ2n) is 7.89. The summed E-state index contributed by atoms with van der Waals surface area (Å²) < 4.78 is 31.1. The molecule has 2 aromatic carbocycles. The first-order chi connectivity index (χ1) is 14.1. The van der Waals surface area contributed by atoms with Crippen LogP contribution in [0.1, 0.15) is 26.3 Å². The molecule has 154 valence electrons. The zero-order chi connectivity index (χ0) is 21.5. The van der Waals surface area contributed by atoms with Crippen LogP contribution >= 0.6 is 15.9 Å². The fourth-order valence-corrected chi connectivity index (χ4v) is 4.47. The van der Waals surface area contributed by atoms with Crippen molar-refractivity contribution in [1.82, 2.24) is 20.0 Å². The molecule has 0 aliphatic rings. The first-order valence-corrected chi connectivity index (χ1v) is 11.5. The molecule has 30 heavy (non-hydrogen) atoms. The molecule has 0 saturated carbocycles. The van der Waals surface area contributed by atoms with E-state index in [0.717, 1.165) is 10.0 Å². The lowest BCUT2D eigenvalue weighted by Crippen LogP contribution is -2.16. The Morgan fingerprint density at radius 3 is 2.47 bits per heavy atom. The molecule has 0 amide bonds. The Bertz CT molecular complexity index is 1330. The number of sulfonamides is 1. The highest BCUT2D eigenvalue weighted by Crippen LogP contribution is 2.29. The minimum absolute atomic E-state index is 0.0587. The molecule has 0 atom stereocenters. The molecular weight excluding hydrogens is 466 g/mol. The summed E-state index contributed by atoms with van der Waals surface area (Å²) >= 11 is 3.44. The third-order valence-electron chi connectivity index (χ3n) is 4.69. The Balaban J connectivity index is 1.75. The van der Waals surface area contributed by atoms with Crippen molar-refractivity contribution in [3.63, 3.8) is 0 Å². The predicted octanol–water partition coefficient (Wildman–Crippen LogP) is 4.68. The zero-order valence-electron chi connectivity index (χ0n) is 16.7. The number of rotatable bonds is 4. The van der Waals surface area contributed by atoms with Crippen LogP contribution in [0.15, 0.2) is 70.2 Å². The number of hydrogen-bond donors (Lipinski definition) is 1. The highest BCUT2D eigenvalue weighted by atomic mass is 79.9. The average Bonchev–Trinajstić information content (AvgIpc) is 3.13. The van der Waals surface area contributed by atoms with Gasteiger partial charge in [-0.3, -0.25) is 4.72 Å². The maximum atomic E-state index is 13.1. The molecular formula is C21H20BrN5O2S. The van der Waals surface area contributed by atoms with Gasteiger partial charge >= 0.3 is 0 Å². The van der Waals surface area contributed by atoms with E-state index in [9.17, 15) is 8.42 Å². The standard InChI is InChI=1S/C21H20BrN5O2S/c1-21(2,3)14-6-9-16(10-7-14)30(28,29)25-17-11-8-15(22)13-19(17)27-18-5-4-12-23-20(18)24-26-27/h4-13,25H,1-3H3. The minimum atomic E-state index is -3.80. The van der Waals surface area contributed by atoms with E-state index < -0.39 is 10.0 Å². The molecule has 0 spiro atoms. The Kier molecular flexibility index (Phi) is 5.11. The van der Waals surface area contributed by atoms with Gasteiger partial charge in [-0.15, -0.1) is 5.10 Å². The second kappa shape index (κ2) is 7.48. The van der Waals surface area contributed by atoms with Gasteiger partial charge in [-0.25, -0.2) is 18.1 Å². The van der Waals surface area contributed by atoms with E-state index in [2.05, 4.69) is 56.7 Å². The summed E-state index contributed by atoms with van der Waals surface area (Å²) in [7, 11) is -3.80. The summed E-state index contributed by atoms with van der Waals surface area (Å²) in [5.41, 5.74) is 3.07. The van der Waals surface area contributed by atoms with Crippen molar-refractivity contribution >= 4 is 42.8 Å². The molecule has 0 saturated heterocycles. The van der Waals surface area contributed by atoms with Gasteiger partial charge in [0.25, 0.3) is 10.0 Å². The highest BCUT2D eigenvalue weighted by molar-refractivity contribution is 9.10. The molecule has 4 aromatic rings. The van der Waals surface area contributed by atoms with E-state index in [1.54, 1.807) is 47.3 Å². The number of anilines is 1. The van der Waals surface area contributed by atoms with Gasteiger partial charge < -0.3 is 0 Å². The normalized spacial score (nSPS) is 12.3. The molecule has 9 heteroatoms. The van der Waals surface area contributed by atoms with Gasteiger partial charge in [0.15, 0.2) is 0 Å². The lowest BCUT2D eigenvalue weighted by Gasteiger charge is -2.19. The number of pyridine rings is 1. The van der Waals surface area contributed by atoms with Crippen LogP contribution in [0.3, 0.4) is 0 Å². The lowest BCUT2D eigenvalue weighted by atomic mass is 9.87. The first kappa shape index (κ1) is 20.5. The van der Waals surface area contributed by atoms with Crippen molar-refractivity contribution in [3.05, 3.63) is 70.8 Å². The molecule has 0 aliphatic carbocycles. The van der Waals surface area contributed by atoms with Crippen LogP contribution in [-0.4, -0.2) is 28.4 Å². The fourth-order valence-electron chi connectivity index (χ4n) is 3.05. The van der Waals surface area contributed by atoms with Crippen LogP contribution < -0.4 is 4.72 Å². The molecule has 0 fully saturated rings. The summed E-state index contributed by atoms with van der Waals surface area (Å²) in [5.74, 6) is 0. The van der Waals surface area contributed by atoms with Gasteiger partial charge in [0.05, 0.1) is 16.3 Å². The average molecular weight is 486 g/mol. The van der Waals surface area contributed by atoms with Crippen molar-refractivity contribution in [1.29, 1.82) is 0 Å². The zero-order valence-corrected chi connectivity index (χ0v) is 19.1. The highest BCUT2D eigenvalue weighted by Gasteiger charge is 2.20. The van der Waals surface area contributed by atoms with E-state index >= 15 is 0 Å². The lowest BCUT2D eigenvalue weighted by molar-refractivity contribution is 0.587. The summed E-state index contributed by atoms with van der Waals surface area (Å²) in [6.45, 7) is 6.25. The summed E-state index contributed by atoms with van der Waals surface area (Å²) in [6, 6.07) is 15.8. The van der Waals surface area contributed by atoms with Gasteiger partial charge in [0, 0.05) is 10.7 Å². The van der Waals surface area contributed by atoms with Crippen LogP contribution in [0, 0.1) is 0 Å². The van der Waals surface area contributed by atoms with E-state index in [1.165, 1.54) is 0 Å². The Morgan fingerprint density at radius 2 is 1.77 bits per heavy atom. The number of nitrogens with one attached hydrogen (secondary N) is 1. The molecule has 2 heterocycles. The van der Waals surface area contributed by atoms with Crippen molar-refractivity contribution in [2.75, 3.05) is 4.72 Å². The predicted molar refractivity (Wildman–Crippen MR) is 120 cm³/mol. The molecule has 4 rings (SSSR count). The number of aromatic nitrogens is 4. The smallest absolute Gasteiger partial charge is 0.261 e. The van der Waals surface area contributed by atoms with E-state index in [0.29, 0.717) is 22.5 Å². The molecule has 7 nitrogen and oxygen atoms in total. The molecule has 0 aliphatic heterocycles. The number of nitrogens with zero attached hydrogens (tertiary/aromatic N) is 4. The monoisotopic (exact) mass is 485 g/mol. The maximum Gasteiger partial charge on any atom is 0.261 e. The molecule has 0 unspecified atom stereocenters. The van der Waals surface area contributed by atoms with E-state index in [4.69, 9.17) is 0 Å². The quantitative estimate of drug-likeness (QED) is 0.453. The topological polar surface area (TPSA) is 89.8 Å². The largest absolute Gasteiger partial charge is 0.277 e. The summed E-state index contributed by atoms with van der Waals surface area (Å²) in [5, 5.41) is 8.22. The van der Waals surface area contributed by atoms with Gasteiger partial charge in [-0.2, -0.15) is 0 Å². The third-order valence-corrected chi connectivity index (χ3v) is 6.56. The van der Waals surface area contributed by atoms with Gasteiger partial charge in [0.1, 0.15) is 5.52 Å². The molecule has 2 aromatic heterocycles. The van der Waals surface area contributed by atoms with Crippen molar-refractivity contribution < 1.29 is 8.42 Å². The van der Waals surface area contributed by atoms with E-state index in [-0.39, 0.29) is 10.3 Å². The van der Waals surface area contributed by atoms with Crippen LogP contribution in [0.25, 0.3) is 16.9 Å². The van der Waals surface area contributed by atoms with Crippen molar-refractivity contribution in [3.8, 4) is 5.69 Å². The minimum Gasteiger partial charge on any atom is -0.277 e. The Morgan fingerprint density at radius 1 is 1.03 bits per heavy atom. The van der Waals surface area contributed by atoms with Crippen LogP contribution in [0.2, 0.25) is 0 Å². The maximum absolute atomic E-state index is 13.1. The second-order valence-corrected chi connectivity index (χ2v) is 10.5. The first-order valence-electron chi connectivity index (χ1n) is 9.25. The third kappa shape index (κ3) is 3.95. The van der Waals surface area contributed by atoms with Gasteiger partial charge in [-0.05, 0) is 53.4 Å². The summed E-state index contributed by atoms with van der Waals surface area (Å²) in [4.78, 5) is 4.37. The van der Waals surface area contributed by atoms with Crippen LogP contribution in [0.4, 0.5) is 5.69 Å². The molecule has 0 bridgehead atoms. The Labute approximate surface area is 183 Å². The summed E-state index contributed by atoms with van der Waals surface area (Å²) in [6.07, 6.45) is 1.63. The number of fused-ring (bicyclic) bond motifs is 1.